The Morgan fingerprint density at radius 3 is 2.67 bits per heavy atom. The van der Waals surface area contributed by atoms with Crippen molar-refractivity contribution in [1.82, 2.24) is 0 Å². The molecule has 0 radical (unpaired) electrons. The first kappa shape index (κ1) is 11.1. The van der Waals surface area contributed by atoms with Crippen LogP contribution in [0.4, 0.5) is 5.69 Å². The topological polar surface area (TPSA) is 59.6 Å². The average Bonchev–Trinajstić information content (AvgIpc) is 2.29. The molecule has 0 amide bonds. The third-order valence-corrected chi connectivity index (χ3v) is 2.14. The molecule has 0 saturated carbocycles. The van der Waals surface area contributed by atoms with Crippen LogP contribution in [0.2, 0.25) is 0 Å². The van der Waals surface area contributed by atoms with Gasteiger partial charge in [-0.25, -0.2) is 0 Å². The van der Waals surface area contributed by atoms with E-state index in [1.165, 1.54) is 0 Å². The average molecular weight is 199 g/mol. The van der Waals surface area contributed by atoms with Gasteiger partial charge < -0.3 is 5.32 Å². The van der Waals surface area contributed by atoms with Gasteiger partial charge in [-0.2, -0.15) is 10.5 Å². The highest BCUT2D eigenvalue weighted by molar-refractivity contribution is 5.63. The van der Waals surface area contributed by atoms with E-state index < -0.39 is 0 Å². The van der Waals surface area contributed by atoms with Crippen molar-refractivity contribution < 1.29 is 0 Å². The van der Waals surface area contributed by atoms with Crippen LogP contribution in [-0.2, 0) is 0 Å². The summed E-state index contributed by atoms with van der Waals surface area (Å²) in [6, 6.07) is 9.34. The summed E-state index contributed by atoms with van der Waals surface area (Å²) in [7, 11) is 0. The second kappa shape index (κ2) is 5.67. The van der Waals surface area contributed by atoms with Gasteiger partial charge in [-0.05, 0) is 18.6 Å². The van der Waals surface area contributed by atoms with Crippen molar-refractivity contribution in [2.75, 3.05) is 11.9 Å². The molecule has 0 saturated heterocycles. The summed E-state index contributed by atoms with van der Waals surface area (Å²) in [5.74, 6) is 0. The lowest BCUT2D eigenvalue weighted by atomic mass is 10.1. The van der Waals surface area contributed by atoms with E-state index in [0.29, 0.717) is 11.1 Å². The van der Waals surface area contributed by atoms with Crippen molar-refractivity contribution in [2.24, 2.45) is 0 Å². The number of unbranched alkanes of at least 4 members (excludes halogenated alkanes) is 1. The van der Waals surface area contributed by atoms with E-state index >= 15 is 0 Å². The molecule has 0 unspecified atom stereocenters. The number of hydrogen-bond acceptors (Lipinski definition) is 3. The zero-order chi connectivity index (χ0) is 11.1. The molecule has 3 nitrogen and oxygen atoms in total. The summed E-state index contributed by atoms with van der Waals surface area (Å²) in [4.78, 5) is 0. The molecule has 0 spiro atoms. The Morgan fingerprint density at radius 2 is 2.07 bits per heavy atom. The van der Waals surface area contributed by atoms with Gasteiger partial charge in [-0.1, -0.05) is 19.4 Å². The maximum absolute atomic E-state index is 8.95. The fraction of sp³-hybridized carbons (Fsp3) is 0.333. The minimum Gasteiger partial charge on any atom is -0.384 e. The molecule has 0 aliphatic heterocycles. The van der Waals surface area contributed by atoms with Crippen LogP contribution < -0.4 is 5.32 Å². The van der Waals surface area contributed by atoms with Crippen LogP contribution in [-0.4, -0.2) is 6.54 Å². The predicted molar refractivity (Wildman–Crippen MR) is 59.3 cm³/mol. The SMILES string of the molecule is CCCCNc1cccc(C#N)c1C#N. The molecule has 1 N–H and O–H groups in total. The number of nitrogens with zero attached hydrogens (tertiary/aromatic N) is 2. The number of hydrogen-bond donors (Lipinski definition) is 1. The zero-order valence-corrected chi connectivity index (χ0v) is 8.75. The molecule has 1 rings (SSSR count). The number of nitriles is 2. The summed E-state index contributed by atoms with van der Waals surface area (Å²) in [6.07, 6.45) is 2.16. The van der Waals surface area contributed by atoms with E-state index in [1.807, 2.05) is 12.1 Å². The predicted octanol–water partition coefficient (Wildman–Crippen LogP) is 2.64. The normalized spacial score (nSPS) is 9.00. The maximum atomic E-state index is 8.95. The van der Waals surface area contributed by atoms with E-state index in [0.717, 1.165) is 25.1 Å². The smallest absolute Gasteiger partial charge is 0.103 e. The first-order valence-corrected chi connectivity index (χ1v) is 5.00. The minimum atomic E-state index is 0.430. The summed E-state index contributed by atoms with van der Waals surface area (Å²) < 4.78 is 0. The van der Waals surface area contributed by atoms with Crippen LogP contribution in [0, 0.1) is 22.7 Å². The van der Waals surface area contributed by atoms with Crippen molar-refractivity contribution in [1.29, 1.82) is 10.5 Å². The number of anilines is 1. The molecule has 0 atom stereocenters. The third-order valence-electron chi connectivity index (χ3n) is 2.14. The van der Waals surface area contributed by atoms with Gasteiger partial charge in [-0.15, -0.1) is 0 Å². The molecule has 0 fully saturated rings. The molecule has 0 aromatic heterocycles. The van der Waals surface area contributed by atoms with E-state index in [9.17, 15) is 0 Å². The van der Waals surface area contributed by atoms with Gasteiger partial charge in [0.25, 0.3) is 0 Å². The second-order valence-corrected chi connectivity index (χ2v) is 3.23. The van der Waals surface area contributed by atoms with Crippen LogP contribution in [0.5, 0.6) is 0 Å². The third kappa shape index (κ3) is 2.72. The highest BCUT2D eigenvalue weighted by Crippen LogP contribution is 2.18. The van der Waals surface area contributed by atoms with E-state index in [1.54, 1.807) is 12.1 Å². The molecule has 1 aromatic carbocycles. The van der Waals surface area contributed by atoms with Gasteiger partial charge in [0.2, 0.25) is 0 Å². The van der Waals surface area contributed by atoms with Crippen molar-refractivity contribution in [2.45, 2.75) is 19.8 Å². The highest BCUT2D eigenvalue weighted by Gasteiger charge is 2.06. The quantitative estimate of drug-likeness (QED) is 0.758. The fourth-order valence-corrected chi connectivity index (χ4v) is 1.31. The van der Waals surface area contributed by atoms with Crippen LogP contribution in [0.15, 0.2) is 18.2 Å². The minimum absolute atomic E-state index is 0.430. The van der Waals surface area contributed by atoms with E-state index in [4.69, 9.17) is 10.5 Å². The van der Waals surface area contributed by atoms with Crippen molar-refractivity contribution in [3.05, 3.63) is 29.3 Å². The highest BCUT2D eigenvalue weighted by atomic mass is 14.9. The van der Waals surface area contributed by atoms with E-state index in [-0.39, 0.29) is 0 Å². The lowest BCUT2D eigenvalue weighted by molar-refractivity contribution is 0.834. The summed E-state index contributed by atoms with van der Waals surface area (Å²) in [5, 5.41) is 20.9. The van der Waals surface area contributed by atoms with Crippen molar-refractivity contribution in [3.8, 4) is 12.1 Å². The Hall–Kier alpha value is -2.00. The molecular formula is C12H13N3. The molecule has 0 bridgehead atoms. The first-order chi connectivity index (χ1) is 7.33. The Labute approximate surface area is 90.0 Å². The Balaban J connectivity index is 2.89. The number of benzene rings is 1. The summed E-state index contributed by atoms with van der Waals surface area (Å²) in [5.41, 5.74) is 1.63. The van der Waals surface area contributed by atoms with Crippen molar-refractivity contribution >= 4 is 5.69 Å². The molecule has 1 aromatic rings. The molecular weight excluding hydrogens is 186 g/mol. The van der Waals surface area contributed by atoms with E-state index in [2.05, 4.69) is 18.3 Å². The standard InChI is InChI=1S/C12H13N3/c1-2-3-7-15-12-6-4-5-10(8-13)11(12)9-14/h4-6,15H,2-3,7H2,1H3. The Kier molecular flexibility index (Phi) is 4.19. The van der Waals surface area contributed by atoms with Gasteiger partial charge in [0.15, 0.2) is 0 Å². The van der Waals surface area contributed by atoms with Gasteiger partial charge in [0.05, 0.1) is 16.8 Å². The summed E-state index contributed by atoms with van der Waals surface area (Å²) >= 11 is 0. The molecule has 0 aliphatic carbocycles. The molecule has 0 aliphatic rings. The zero-order valence-electron chi connectivity index (χ0n) is 8.75. The van der Waals surface area contributed by atoms with Crippen molar-refractivity contribution in [3.63, 3.8) is 0 Å². The number of nitrogens with one attached hydrogen (secondary N) is 1. The largest absolute Gasteiger partial charge is 0.384 e. The molecule has 15 heavy (non-hydrogen) atoms. The molecule has 76 valence electrons. The van der Waals surface area contributed by atoms with Gasteiger partial charge in [-0.3, -0.25) is 0 Å². The van der Waals surface area contributed by atoms with Gasteiger partial charge >= 0.3 is 0 Å². The lowest BCUT2D eigenvalue weighted by Crippen LogP contribution is -2.03. The van der Waals surface area contributed by atoms with Gasteiger partial charge in [0.1, 0.15) is 12.1 Å². The van der Waals surface area contributed by atoms with Gasteiger partial charge in [0, 0.05) is 6.54 Å². The fourth-order valence-electron chi connectivity index (χ4n) is 1.31. The monoisotopic (exact) mass is 199 g/mol. The second-order valence-electron chi connectivity index (χ2n) is 3.23. The Bertz CT molecular complexity index is 410. The van der Waals surface area contributed by atoms with Crippen LogP contribution in [0.1, 0.15) is 30.9 Å². The lowest BCUT2D eigenvalue weighted by Gasteiger charge is -2.07. The maximum Gasteiger partial charge on any atom is 0.103 e. The first-order valence-electron chi connectivity index (χ1n) is 5.00. The van der Waals surface area contributed by atoms with Crippen LogP contribution >= 0.6 is 0 Å². The summed E-state index contributed by atoms with van der Waals surface area (Å²) in [6.45, 7) is 2.94. The van der Waals surface area contributed by atoms with Crippen LogP contribution in [0.3, 0.4) is 0 Å². The number of rotatable bonds is 4. The Morgan fingerprint density at radius 1 is 1.27 bits per heavy atom. The molecule has 0 heterocycles. The van der Waals surface area contributed by atoms with Crippen LogP contribution in [0.25, 0.3) is 0 Å². The molecule has 3 heteroatoms.